The van der Waals surface area contributed by atoms with Crippen molar-refractivity contribution >= 4 is 5.82 Å². The third-order valence-electron chi connectivity index (χ3n) is 2.14. The fourth-order valence-electron chi connectivity index (χ4n) is 1.09. The Hall–Kier alpha value is -1.36. The van der Waals surface area contributed by atoms with E-state index in [9.17, 15) is 0 Å². The molecule has 0 amide bonds. The van der Waals surface area contributed by atoms with Crippen molar-refractivity contribution < 1.29 is 4.74 Å². The van der Waals surface area contributed by atoms with Crippen LogP contribution >= 0.6 is 0 Å². The summed E-state index contributed by atoms with van der Waals surface area (Å²) in [7, 11) is 0. The van der Waals surface area contributed by atoms with Crippen LogP contribution in [0.1, 0.15) is 26.7 Å². The van der Waals surface area contributed by atoms with Gasteiger partial charge in [0.15, 0.2) is 0 Å². The van der Waals surface area contributed by atoms with Gasteiger partial charge in [-0.3, -0.25) is 4.98 Å². The van der Waals surface area contributed by atoms with Gasteiger partial charge in [-0.05, 0) is 12.8 Å². The molecule has 0 saturated carbocycles. The van der Waals surface area contributed by atoms with Gasteiger partial charge in [0.1, 0.15) is 5.82 Å². The van der Waals surface area contributed by atoms with Gasteiger partial charge in [-0.25, -0.2) is 0 Å². The molecular weight excluding hydrogens is 204 g/mol. The van der Waals surface area contributed by atoms with Crippen LogP contribution in [0.2, 0.25) is 0 Å². The minimum absolute atomic E-state index is 0.141. The van der Waals surface area contributed by atoms with Gasteiger partial charge in [0.05, 0.1) is 19.0 Å². The third kappa shape index (κ3) is 4.44. The summed E-state index contributed by atoms with van der Waals surface area (Å²) in [5.41, 5.74) is 5.80. The molecular formula is C11H20N4O. The molecule has 1 aromatic rings. The summed E-state index contributed by atoms with van der Waals surface area (Å²) < 4.78 is 5.38. The molecule has 0 fully saturated rings. The zero-order chi connectivity index (χ0) is 11.8. The van der Waals surface area contributed by atoms with E-state index in [4.69, 9.17) is 10.5 Å². The Balaban J connectivity index is 2.46. The third-order valence-corrected chi connectivity index (χ3v) is 2.14. The smallest absolute Gasteiger partial charge is 0.234 e. The minimum atomic E-state index is 0.141. The first kappa shape index (κ1) is 12.7. The molecule has 5 heteroatoms. The molecule has 1 unspecified atom stereocenters. The molecule has 0 aliphatic carbocycles. The standard InChI is InChI=1S/C11H20N4O/c1-3-5-16-11-8-13-7-10(15-11)14-6-9(12)4-2/h7-9H,3-6,12H2,1-2H3,(H,14,15). The monoisotopic (exact) mass is 224 g/mol. The van der Waals surface area contributed by atoms with Crippen LogP contribution in [0, 0.1) is 0 Å². The Bertz CT molecular complexity index is 306. The van der Waals surface area contributed by atoms with Crippen molar-refractivity contribution in [1.29, 1.82) is 0 Å². The molecule has 0 aromatic carbocycles. The predicted octanol–water partition coefficient (Wildman–Crippen LogP) is 1.41. The van der Waals surface area contributed by atoms with Gasteiger partial charge >= 0.3 is 0 Å². The van der Waals surface area contributed by atoms with Crippen LogP contribution < -0.4 is 15.8 Å². The summed E-state index contributed by atoms with van der Waals surface area (Å²) in [4.78, 5) is 8.32. The highest BCUT2D eigenvalue weighted by molar-refractivity contribution is 5.33. The minimum Gasteiger partial charge on any atom is -0.477 e. The van der Waals surface area contributed by atoms with Crippen molar-refractivity contribution in [3.8, 4) is 5.88 Å². The maximum atomic E-state index is 5.80. The second kappa shape index (κ2) is 7.00. The molecule has 0 spiro atoms. The first-order valence-electron chi connectivity index (χ1n) is 5.70. The molecule has 16 heavy (non-hydrogen) atoms. The summed E-state index contributed by atoms with van der Waals surface area (Å²) >= 11 is 0. The lowest BCUT2D eigenvalue weighted by molar-refractivity contribution is 0.304. The molecule has 5 nitrogen and oxygen atoms in total. The summed E-state index contributed by atoms with van der Waals surface area (Å²) in [6.07, 6.45) is 5.17. The SMILES string of the molecule is CCCOc1cncc(NCC(N)CC)n1. The first-order chi connectivity index (χ1) is 7.76. The Morgan fingerprint density at radius 1 is 1.44 bits per heavy atom. The van der Waals surface area contributed by atoms with Crippen LogP contribution in [0.5, 0.6) is 5.88 Å². The number of rotatable bonds is 7. The number of hydrogen-bond donors (Lipinski definition) is 2. The van der Waals surface area contributed by atoms with Gasteiger partial charge in [0.2, 0.25) is 5.88 Å². The Labute approximate surface area is 96.4 Å². The number of nitrogens with two attached hydrogens (primary N) is 1. The second-order valence-corrected chi connectivity index (χ2v) is 3.64. The lowest BCUT2D eigenvalue weighted by Gasteiger charge is -2.11. The number of aromatic nitrogens is 2. The van der Waals surface area contributed by atoms with Crippen LogP contribution in [0.4, 0.5) is 5.82 Å². The number of anilines is 1. The van der Waals surface area contributed by atoms with E-state index in [1.807, 2.05) is 0 Å². The molecule has 0 aliphatic heterocycles. The van der Waals surface area contributed by atoms with Gasteiger partial charge in [-0.15, -0.1) is 0 Å². The predicted molar refractivity (Wildman–Crippen MR) is 64.6 cm³/mol. The Kier molecular flexibility index (Phi) is 5.56. The molecule has 1 rings (SSSR count). The largest absolute Gasteiger partial charge is 0.477 e. The molecule has 3 N–H and O–H groups in total. The number of nitrogens with zero attached hydrogens (tertiary/aromatic N) is 2. The lowest BCUT2D eigenvalue weighted by atomic mass is 10.2. The number of nitrogens with one attached hydrogen (secondary N) is 1. The topological polar surface area (TPSA) is 73.1 Å². The van der Waals surface area contributed by atoms with E-state index in [-0.39, 0.29) is 6.04 Å². The van der Waals surface area contributed by atoms with Crippen LogP contribution in [-0.2, 0) is 0 Å². The number of hydrogen-bond acceptors (Lipinski definition) is 5. The average Bonchev–Trinajstić information content (AvgIpc) is 2.34. The lowest BCUT2D eigenvalue weighted by Crippen LogP contribution is -2.28. The fraction of sp³-hybridized carbons (Fsp3) is 0.636. The molecule has 1 heterocycles. The molecule has 0 bridgehead atoms. The molecule has 1 atom stereocenters. The summed E-state index contributed by atoms with van der Waals surface area (Å²) in [5.74, 6) is 1.26. The van der Waals surface area contributed by atoms with Gasteiger partial charge in [-0.1, -0.05) is 13.8 Å². The fourth-order valence-corrected chi connectivity index (χ4v) is 1.09. The Morgan fingerprint density at radius 3 is 2.94 bits per heavy atom. The van der Waals surface area contributed by atoms with Crippen molar-refractivity contribution in [3.05, 3.63) is 12.4 Å². The van der Waals surface area contributed by atoms with Crippen molar-refractivity contribution in [2.45, 2.75) is 32.7 Å². The van der Waals surface area contributed by atoms with Crippen molar-refractivity contribution in [2.75, 3.05) is 18.5 Å². The molecule has 90 valence electrons. The highest BCUT2D eigenvalue weighted by atomic mass is 16.5. The van der Waals surface area contributed by atoms with Crippen molar-refractivity contribution in [3.63, 3.8) is 0 Å². The summed E-state index contributed by atoms with van der Waals surface area (Å²) in [5, 5.41) is 3.13. The summed E-state index contributed by atoms with van der Waals surface area (Å²) in [6, 6.07) is 0.141. The molecule has 0 aliphatic rings. The maximum Gasteiger partial charge on any atom is 0.234 e. The van der Waals surface area contributed by atoms with Gasteiger partial charge < -0.3 is 15.8 Å². The van der Waals surface area contributed by atoms with Crippen LogP contribution in [0.25, 0.3) is 0 Å². The average molecular weight is 224 g/mol. The van der Waals surface area contributed by atoms with E-state index in [0.29, 0.717) is 24.8 Å². The Morgan fingerprint density at radius 2 is 2.25 bits per heavy atom. The molecule has 1 aromatic heterocycles. The quantitative estimate of drug-likeness (QED) is 0.732. The molecule has 0 radical (unpaired) electrons. The van der Waals surface area contributed by atoms with Gasteiger partial charge in [0, 0.05) is 12.6 Å². The summed E-state index contributed by atoms with van der Waals surface area (Å²) in [6.45, 7) is 5.46. The van der Waals surface area contributed by atoms with E-state index in [0.717, 1.165) is 12.8 Å². The van der Waals surface area contributed by atoms with Gasteiger partial charge in [0.25, 0.3) is 0 Å². The van der Waals surface area contributed by atoms with E-state index < -0.39 is 0 Å². The second-order valence-electron chi connectivity index (χ2n) is 3.64. The maximum absolute atomic E-state index is 5.80. The van der Waals surface area contributed by atoms with E-state index in [1.165, 1.54) is 0 Å². The zero-order valence-corrected chi connectivity index (χ0v) is 9.94. The van der Waals surface area contributed by atoms with E-state index in [2.05, 4.69) is 29.1 Å². The highest BCUT2D eigenvalue weighted by Gasteiger charge is 2.01. The van der Waals surface area contributed by atoms with Crippen LogP contribution in [0.15, 0.2) is 12.4 Å². The molecule has 0 saturated heterocycles. The van der Waals surface area contributed by atoms with E-state index >= 15 is 0 Å². The van der Waals surface area contributed by atoms with E-state index in [1.54, 1.807) is 12.4 Å². The van der Waals surface area contributed by atoms with Crippen molar-refractivity contribution in [1.82, 2.24) is 9.97 Å². The first-order valence-corrected chi connectivity index (χ1v) is 5.70. The van der Waals surface area contributed by atoms with Crippen LogP contribution in [-0.4, -0.2) is 29.2 Å². The normalized spacial score (nSPS) is 12.2. The zero-order valence-electron chi connectivity index (χ0n) is 9.94. The van der Waals surface area contributed by atoms with Gasteiger partial charge in [-0.2, -0.15) is 4.98 Å². The van der Waals surface area contributed by atoms with Crippen molar-refractivity contribution in [2.24, 2.45) is 5.73 Å². The highest BCUT2D eigenvalue weighted by Crippen LogP contribution is 2.09. The number of ether oxygens (including phenoxy) is 1. The van der Waals surface area contributed by atoms with Crippen LogP contribution in [0.3, 0.4) is 0 Å².